The molecule has 2 aromatic heterocycles. The maximum atomic E-state index is 5.50. The van der Waals surface area contributed by atoms with Gasteiger partial charge in [-0.2, -0.15) is 14.9 Å². The second-order valence-electron chi connectivity index (χ2n) is 5.58. The maximum Gasteiger partial charge on any atom is 0.216 e. The fourth-order valence-corrected chi connectivity index (χ4v) is 2.81. The third-order valence-corrected chi connectivity index (χ3v) is 4.23. The van der Waals surface area contributed by atoms with Gasteiger partial charge in [0, 0.05) is 24.3 Å². The molecular weight excluding hydrogens is 334 g/mol. The molecule has 130 valence electrons. The summed E-state index contributed by atoms with van der Waals surface area (Å²) in [7, 11) is 0. The quantitative estimate of drug-likeness (QED) is 0.531. The highest BCUT2D eigenvalue weighted by atomic mass is 32.1. The number of furan rings is 1. The molecule has 0 amide bonds. The Hall–Kier alpha value is -2.67. The molecule has 0 saturated heterocycles. The molecule has 0 atom stereocenters. The number of nitrogens with zero attached hydrogens (tertiary/aromatic N) is 4. The smallest absolute Gasteiger partial charge is 0.216 e. The molecule has 0 spiro atoms. The fourth-order valence-electron chi connectivity index (χ4n) is 2.63. The number of aryl methyl sites for hydroxylation is 1. The van der Waals surface area contributed by atoms with Gasteiger partial charge in [-0.05, 0) is 69.4 Å². The largest absolute Gasteiger partial charge is 0.460 e. The van der Waals surface area contributed by atoms with Crippen molar-refractivity contribution in [3.63, 3.8) is 0 Å². The first-order valence-electron chi connectivity index (χ1n) is 8.26. The molecule has 6 nitrogen and oxygen atoms in total. The van der Waals surface area contributed by atoms with Crippen LogP contribution >= 0.6 is 12.2 Å². The number of aromatic nitrogens is 3. The summed E-state index contributed by atoms with van der Waals surface area (Å²) in [4.78, 5) is 2.29. The van der Waals surface area contributed by atoms with Crippen molar-refractivity contribution in [2.75, 3.05) is 18.0 Å². The Kier molecular flexibility index (Phi) is 5.14. The lowest BCUT2D eigenvalue weighted by Crippen LogP contribution is -2.21. The summed E-state index contributed by atoms with van der Waals surface area (Å²) in [6.07, 6.45) is 1.63. The van der Waals surface area contributed by atoms with Crippen molar-refractivity contribution in [3.8, 4) is 11.4 Å². The first kappa shape index (κ1) is 17.2. The molecule has 0 aliphatic heterocycles. The molecule has 3 aromatic rings. The predicted molar refractivity (Wildman–Crippen MR) is 103 cm³/mol. The predicted octanol–water partition coefficient (Wildman–Crippen LogP) is 4.24. The lowest BCUT2D eigenvalue weighted by Gasteiger charge is -2.20. The van der Waals surface area contributed by atoms with Gasteiger partial charge in [-0.3, -0.25) is 0 Å². The average Bonchev–Trinajstić information content (AvgIpc) is 3.20. The minimum atomic E-state index is 0.433. The summed E-state index contributed by atoms with van der Waals surface area (Å²) in [6.45, 7) is 8.13. The van der Waals surface area contributed by atoms with E-state index in [1.807, 2.05) is 31.2 Å². The van der Waals surface area contributed by atoms with Crippen molar-refractivity contribution in [3.05, 3.63) is 52.7 Å². The van der Waals surface area contributed by atoms with E-state index in [-0.39, 0.29) is 0 Å². The van der Waals surface area contributed by atoms with Crippen molar-refractivity contribution in [1.82, 2.24) is 14.9 Å². The van der Waals surface area contributed by atoms with Gasteiger partial charge in [0.1, 0.15) is 11.5 Å². The molecule has 0 fully saturated rings. The van der Waals surface area contributed by atoms with E-state index >= 15 is 0 Å². The standard InChI is InChI=1S/C18H21N5OS/c1-4-22(5-2)15-9-7-14(8-10-15)17-20-21-18(25)23(17)19-12-16-11-6-13(3)24-16/h6-12H,4-5H2,1-3H3,(H,21,25). The first-order chi connectivity index (χ1) is 12.1. The van der Waals surface area contributed by atoms with Crippen LogP contribution < -0.4 is 4.90 Å². The van der Waals surface area contributed by atoms with Crippen molar-refractivity contribution in [2.45, 2.75) is 20.8 Å². The van der Waals surface area contributed by atoms with E-state index in [0.29, 0.717) is 16.4 Å². The van der Waals surface area contributed by atoms with E-state index in [1.54, 1.807) is 10.9 Å². The van der Waals surface area contributed by atoms with E-state index in [2.05, 4.69) is 46.2 Å². The Balaban J connectivity index is 1.91. The number of benzene rings is 1. The van der Waals surface area contributed by atoms with Gasteiger partial charge in [0.2, 0.25) is 4.77 Å². The van der Waals surface area contributed by atoms with Crippen molar-refractivity contribution < 1.29 is 4.42 Å². The normalized spacial score (nSPS) is 11.3. The zero-order valence-electron chi connectivity index (χ0n) is 14.6. The third kappa shape index (κ3) is 3.71. The average molecular weight is 355 g/mol. The fraction of sp³-hybridized carbons (Fsp3) is 0.278. The van der Waals surface area contributed by atoms with Crippen molar-refractivity contribution in [1.29, 1.82) is 0 Å². The van der Waals surface area contributed by atoms with E-state index < -0.39 is 0 Å². The Bertz CT molecular complexity index is 916. The zero-order chi connectivity index (χ0) is 17.8. The van der Waals surface area contributed by atoms with Crippen LogP contribution in [0, 0.1) is 11.7 Å². The summed E-state index contributed by atoms with van der Waals surface area (Å²) in [5, 5.41) is 11.5. The molecule has 25 heavy (non-hydrogen) atoms. The lowest BCUT2D eigenvalue weighted by molar-refractivity contribution is 0.527. The van der Waals surface area contributed by atoms with Gasteiger partial charge in [-0.1, -0.05) is 0 Å². The molecule has 0 bridgehead atoms. The Morgan fingerprint density at radius 1 is 1.20 bits per heavy atom. The SMILES string of the molecule is CCN(CC)c1ccc(-c2n[nH]c(=S)n2N=Cc2ccc(C)o2)cc1. The van der Waals surface area contributed by atoms with Gasteiger partial charge >= 0.3 is 0 Å². The summed E-state index contributed by atoms with van der Waals surface area (Å²) in [6, 6.07) is 12.0. The number of hydrogen-bond acceptors (Lipinski definition) is 5. The molecular formula is C18H21N5OS. The minimum absolute atomic E-state index is 0.433. The summed E-state index contributed by atoms with van der Waals surface area (Å²) < 4.78 is 7.53. The number of anilines is 1. The zero-order valence-corrected chi connectivity index (χ0v) is 15.4. The molecule has 2 heterocycles. The van der Waals surface area contributed by atoms with E-state index in [1.165, 1.54) is 5.69 Å². The van der Waals surface area contributed by atoms with Gasteiger partial charge < -0.3 is 9.32 Å². The van der Waals surface area contributed by atoms with Crippen LogP contribution in [0.3, 0.4) is 0 Å². The van der Waals surface area contributed by atoms with Crippen LogP contribution in [0.25, 0.3) is 11.4 Å². The Morgan fingerprint density at radius 3 is 2.52 bits per heavy atom. The number of hydrogen-bond donors (Lipinski definition) is 1. The lowest BCUT2D eigenvalue weighted by atomic mass is 10.2. The molecule has 3 rings (SSSR count). The molecule has 1 N–H and O–H groups in total. The number of rotatable bonds is 6. The van der Waals surface area contributed by atoms with Gasteiger partial charge in [-0.25, -0.2) is 5.10 Å². The van der Waals surface area contributed by atoms with Crippen LogP contribution in [0.1, 0.15) is 25.4 Å². The molecule has 0 saturated carbocycles. The van der Waals surface area contributed by atoms with Crippen LogP contribution in [0.15, 0.2) is 45.9 Å². The maximum absolute atomic E-state index is 5.50. The monoisotopic (exact) mass is 355 g/mol. The Labute approximate surface area is 151 Å². The molecule has 7 heteroatoms. The van der Waals surface area contributed by atoms with Crippen LogP contribution in [0.5, 0.6) is 0 Å². The second kappa shape index (κ2) is 7.48. The second-order valence-corrected chi connectivity index (χ2v) is 5.96. The summed E-state index contributed by atoms with van der Waals surface area (Å²) in [5.41, 5.74) is 2.13. The summed E-state index contributed by atoms with van der Waals surface area (Å²) in [5.74, 6) is 2.17. The number of nitrogens with one attached hydrogen (secondary N) is 1. The first-order valence-corrected chi connectivity index (χ1v) is 8.66. The van der Waals surface area contributed by atoms with Crippen LogP contribution in [0.4, 0.5) is 5.69 Å². The van der Waals surface area contributed by atoms with Crippen molar-refractivity contribution >= 4 is 24.1 Å². The summed E-state index contributed by atoms with van der Waals surface area (Å²) >= 11 is 5.29. The highest BCUT2D eigenvalue weighted by Gasteiger charge is 2.09. The van der Waals surface area contributed by atoms with Gasteiger partial charge in [0.05, 0.1) is 6.21 Å². The van der Waals surface area contributed by atoms with E-state index in [4.69, 9.17) is 16.6 Å². The third-order valence-electron chi connectivity index (χ3n) is 3.97. The van der Waals surface area contributed by atoms with Crippen LogP contribution in [-0.4, -0.2) is 34.2 Å². The minimum Gasteiger partial charge on any atom is -0.460 e. The van der Waals surface area contributed by atoms with Crippen molar-refractivity contribution in [2.24, 2.45) is 5.10 Å². The Morgan fingerprint density at radius 2 is 1.92 bits per heavy atom. The van der Waals surface area contributed by atoms with Crippen LogP contribution in [0.2, 0.25) is 0 Å². The molecule has 0 aliphatic carbocycles. The molecule has 0 aliphatic rings. The highest BCUT2D eigenvalue weighted by molar-refractivity contribution is 7.71. The topological polar surface area (TPSA) is 62.4 Å². The van der Waals surface area contributed by atoms with Gasteiger partial charge in [0.25, 0.3) is 0 Å². The van der Waals surface area contributed by atoms with E-state index in [9.17, 15) is 0 Å². The van der Waals surface area contributed by atoms with Gasteiger partial charge in [0.15, 0.2) is 5.82 Å². The number of H-pyrrole nitrogens is 1. The highest BCUT2D eigenvalue weighted by Crippen LogP contribution is 2.22. The number of aromatic amines is 1. The molecule has 0 unspecified atom stereocenters. The van der Waals surface area contributed by atoms with E-state index in [0.717, 1.165) is 24.4 Å². The van der Waals surface area contributed by atoms with Crippen LogP contribution in [-0.2, 0) is 0 Å². The molecule has 1 aromatic carbocycles. The van der Waals surface area contributed by atoms with Gasteiger partial charge in [-0.15, -0.1) is 0 Å². The molecule has 0 radical (unpaired) electrons.